The van der Waals surface area contributed by atoms with Crippen LogP contribution in [0.2, 0.25) is 0 Å². The van der Waals surface area contributed by atoms with Crippen molar-refractivity contribution in [3.63, 3.8) is 0 Å². The average molecular weight is 402 g/mol. The number of carbonyl (C=O) groups is 3. The maximum absolute atomic E-state index is 12.8. The van der Waals surface area contributed by atoms with Gasteiger partial charge in [-0.1, -0.05) is 0 Å². The van der Waals surface area contributed by atoms with Gasteiger partial charge < -0.3 is 15.0 Å². The summed E-state index contributed by atoms with van der Waals surface area (Å²) in [5.74, 6) is 0.479. The molecule has 1 aliphatic carbocycles. The molecule has 1 aromatic rings. The van der Waals surface area contributed by atoms with Crippen LogP contribution >= 0.6 is 0 Å². The number of likely N-dealkylation sites (tertiary alicyclic amines) is 1. The molecule has 0 spiro atoms. The molecule has 3 amide bonds. The summed E-state index contributed by atoms with van der Waals surface area (Å²) in [6, 6.07) is 6.74. The van der Waals surface area contributed by atoms with Gasteiger partial charge in [0.2, 0.25) is 5.91 Å². The number of piperidine rings is 1. The van der Waals surface area contributed by atoms with E-state index >= 15 is 0 Å². The zero-order valence-corrected chi connectivity index (χ0v) is 17.5. The summed E-state index contributed by atoms with van der Waals surface area (Å²) in [4.78, 5) is 38.8. The minimum absolute atomic E-state index is 0.0614. The summed E-state index contributed by atoms with van der Waals surface area (Å²) in [6.07, 6.45) is 3.51. The van der Waals surface area contributed by atoms with Gasteiger partial charge >= 0.3 is 6.09 Å². The number of anilines is 1. The van der Waals surface area contributed by atoms with Gasteiger partial charge in [-0.2, -0.15) is 0 Å². The van der Waals surface area contributed by atoms with Gasteiger partial charge in [-0.05, 0) is 76.6 Å². The van der Waals surface area contributed by atoms with Crippen LogP contribution in [-0.4, -0.2) is 48.0 Å². The van der Waals surface area contributed by atoms with E-state index in [4.69, 9.17) is 4.74 Å². The van der Waals surface area contributed by atoms with Crippen LogP contribution < -0.4 is 10.6 Å². The first kappa shape index (κ1) is 21.1. The average Bonchev–Trinajstić information content (AvgIpc) is 3.49. The van der Waals surface area contributed by atoms with Gasteiger partial charge in [-0.25, -0.2) is 4.79 Å². The Morgan fingerprint density at radius 2 is 1.79 bits per heavy atom. The number of nitrogens with zero attached hydrogens (tertiary/aromatic N) is 1. The molecule has 7 nitrogen and oxygen atoms in total. The molecule has 1 heterocycles. The number of hydrogen-bond acceptors (Lipinski definition) is 4. The first-order chi connectivity index (χ1) is 13.7. The molecule has 1 saturated carbocycles. The van der Waals surface area contributed by atoms with Gasteiger partial charge in [0.1, 0.15) is 5.60 Å². The summed E-state index contributed by atoms with van der Waals surface area (Å²) >= 11 is 0. The third-order valence-corrected chi connectivity index (χ3v) is 5.12. The third kappa shape index (κ3) is 6.48. The van der Waals surface area contributed by atoms with Crippen LogP contribution in [0.5, 0.6) is 0 Å². The fraction of sp³-hybridized carbons (Fsp3) is 0.591. The van der Waals surface area contributed by atoms with Crippen LogP contribution in [-0.2, 0) is 9.53 Å². The molecule has 1 atom stereocenters. The second-order valence-electron chi connectivity index (χ2n) is 8.98. The number of ether oxygens (including phenoxy) is 1. The summed E-state index contributed by atoms with van der Waals surface area (Å²) in [7, 11) is 0. The van der Waals surface area contributed by atoms with E-state index in [9.17, 15) is 14.4 Å². The molecule has 0 radical (unpaired) electrons. The number of amides is 3. The molecular weight excluding hydrogens is 370 g/mol. The summed E-state index contributed by atoms with van der Waals surface area (Å²) in [5, 5.41) is 5.68. The Morgan fingerprint density at radius 1 is 1.10 bits per heavy atom. The number of hydrogen-bond donors (Lipinski definition) is 2. The Hall–Kier alpha value is -2.57. The van der Waals surface area contributed by atoms with Crippen molar-refractivity contribution in [1.29, 1.82) is 0 Å². The molecule has 2 aliphatic rings. The van der Waals surface area contributed by atoms with Crippen LogP contribution in [0.1, 0.15) is 56.8 Å². The van der Waals surface area contributed by atoms with Crippen molar-refractivity contribution >= 4 is 23.6 Å². The number of rotatable bonds is 5. The zero-order valence-electron chi connectivity index (χ0n) is 17.5. The number of carbonyl (C=O) groups excluding carboxylic acids is 3. The lowest BCUT2D eigenvalue weighted by Crippen LogP contribution is -2.45. The van der Waals surface area contributed by atoms with E-state index < -0.39 is 11.7 Å². The maximum atomic E-state index is 12.8. The monoisotopic (exact) mass is 401 g/mol. The predicted octanol–water partition coefficient (Wildman–Crippen LogP) is 3.41. The van der Waals surface area contributed by atoms with Gasteiger partial charge in [0.25, 0.3) is 5.91 Å². The van der Waals surface area contributed by atoms with E-state index in [1.807, 2.05) is 0 Å². The topological polar surface area (TPSA) is 87.7 Å². The highest BCUT2D eigenvalue weighted by molar-refractivity contribution is 5.95. The third-order valence-electron chi connectivity index (χ3n) is 5.12. The smallest absolute Gasteiger partial charge is 0.412 e. The molecule has 29 heavy (non-hydrogen) atoms. The molecule has 0 unspecified atom stereocenters. The standard InChI is InChI=1S/C22H31N3O4/c1-22(2,3)29-21(28)24-18-10-8-16(9-11-18)20(27)25-12-4-5-17(14-25)19(26)23-13-15-6-7-15/h8-11,15,17H,4-7,12-14H2,1-3H3,(H,23,26)(H,24,28)/t17-/m1/s1. The Balaban J connectivity index is 1.53. The van der Waals surface area contributed by atoms with Gasteiger partial charge in [0.15, 0.2) is 0 Å². The van der Waals surface area contributed by atoms with Crippen molar-refractivity contribution in [2.24, 2.45) is 11.8 Å². The second-order valence-corrected chi connectivity index (χ2v) is 8.98. The maximum Gasteiger partial charge on any atom is 0.412 e. The van der Waals surface area contributed by atoms with Crippen LogP contribution in [0, 0.1) is 11.8 Å². The van der Waals surface area contributed by atoms with Gasteiger partial charge in [-0.15, -0.1) is 0 Å². The van der Waals surface area contributed by atoms with Gasteiger partial charge in [-0.3, -0.25) is 14.9 Å². The SMILES string of the molecule is CC(C)(C)OC(=O)Nc1ccc(C(=O)N2CCC[C@@H](C(=O)NCC3CC3)C2)cc1. The molecule has 158 valence electrons. The molecular formula is C22H31N3O4. The molecule has 3 rings (SSSR count). The van der Waals surface area contributed by atoms with E-state index in [-0.39, 0.29) is 17.7 Å². The largest absolute Gasteiger partial charge is 0.444 e. The Morgan fingerprint density at radius 3 is 2.41 bits per heavy atom. The zero-order chi connectivity index (χ0) is 21.0. The Kier molecular flexibility index (Phi) is 6.45. The molecule has 0 bridgehead atoms. The lowest BCUT2D eigenvalue weighted by molar-refractivity contribution is -0.126. The van der Waals surface area contributed by atoms with Crippen LogP contribution in [0.3, 0.4) is 0 Å². The summed E-state index contributed by atoms with van der Waals surface area (Å²) in [5.41, 5.74) is 0.529. The highest BCUT2D eigenvalue weighted by atomic mass is 16.6. The van der Waals surface area contributed by atoms with Crippen LogP contribution in [0.4, 0.5) is 10.5 Å². The van der Waals surface area contributed by atoms with E-state index in [1.54, 1.807) is 49.9 Å². The quantitative estimate of drug-likeness (QED) is 0.791. The van der Waals surface area contributed by atoms with Crippen molar-refractivity contribution in [1.82, 2.24) is 10.2 Å². The highest BCUT2D eigenvalue weighted by Crippen LogP contribution is 2.28. The normalized spacial score (nSPS) is 19.4. The van der Waals surface area contributed by atoms with Crippen molar-refractivity contribution in [2.75, 3.05) is 25.0 Å². The molecule has 1 aliphatic heterocycles. The van der Waals surface area contributed by atoms with Crippen LogP contribution in [0.15, 0.2) is 24.3 Å². The minimum Gasteiger partial charge on any atom is -0.444 e. The number of nitrogens with one attached hydrogen (secondary N) is 2. The van der Waals surface area contributed by atoms with Gasteiger partial charge in [0.05, 0.1) is 5.92 Å². The predicted molar refractivity (Wildman–Crippen MR) is 111 cm³/mol. The summed E-state index contributed by atoms with van der Waals surface area (Å²) in [6.45, 7) is 7.26. The molecule has 2 N–H and O–H groups in total. The Bertz CT molecular complexity index is 750. The summed E-state index contributed by atoms with van der Waals surface area (Å²) < 4.78 is 5.22. The van der Waals surface area contributed by atoms with E-state index in [1.165, 1.54) is 12.8 Å². The molecule has 1 saturated heterocycles. The van der Waals surface area contributed by atoms with Crippen molar-refractivity contribution in [3.05, 3.63) is 29.8 Å². The van der Waals surface area contributed by atoms with E-state index in [0.717, 1.165) is 19.4 Å². The van der Waals surface area contributed by atoms with Crippen LogP contribution in [0.25, 0.3) is 0 Å². The molecule has 1 aromatic carbocycles. The van der Waals surface area contributed by atoms with E-state index in [0.29, 0.717) is 30.3 Å². The van der Waals surface area contributed by atoms with Gasteiger partial charge in [0, 0.05) is 30.9 Å². The van der Waals surface area contributed by atoms with Crippen molar-refractivity contribution in [2.45, 2.75) is 52.1 Å². The first-order valence-corrected chi connectivity index (χ1v) is 10.4. The first-order valence-electron chi connectivity index (χ1n) is 10.4. The minimum atomic E-state index is -0.574. The lowest BCUT2D eigenvalue weighted by Gasteiger charge is -2.32. The Labute approximate surface area is 172 Å². The van der Waals surface area contributed by atoms with Crippen molar-refractivity contribution in [3.8, 4) is 0 Å². The van der Waals surface area contributed by atoms with E-state index in [2.05, 4.69) is 10.6 Å². The fourth-order valence-electron chi connectivity index (χ4n) is 3.39. The number of benzene rings is 1. The lowest BCUT2D eigenvalue weighted by atomic mass is 9.96. The molecule has 2 fully saturated rings. The fourth-order valence-corrected chi connectivity index (χ4v) is 3.39. The molecule has 0 aromatic heterocycles. The second kappa shape index (κ2) is 8.84. The highest BCUT2D eigenvalue weighted by Gasteiger charge is 2.30. The molecule has 7 heteroatoms. The van der Waals surface area contributed by atoms with Crippen molar-refractivity contribution < 1.29 is 19.1 Å².